The molecule has 0 heterocycles. The lowest BCUT2D eigenvalue weighted by atomic mass is 10.1. The first-order valence-corrected chi connectivity index (χ1v) is 8.41. The van der Waals surface area contributed by atoms with E-state index in [9.17, 15) is 8.42 Å². The van der Waals surface area contributed by atoms with Gasteiger partial charge in [0.1, 0.15) is 0 Å². The van der Waals surface area contributed by atoms with E-state index in [0.29, 0.717) is 5.02 Å². The van der Waals surface area contributed by atoms with Crippen LogP contribution in [0, 0.1) is 0 Å². The number of hydrogen-bond donors (Lipinski definition) is 2. The Morgan fingerprint density at radius 2 is 1.81 bits per heavy atom. The van der Waals surface area contributed by atoms with Gasteiger partial charge in [-0.3, -0.25) is 0 Å². The molecule has 0 bridgehead atoms. The zero-order chi connectivity index (χ0) is 15.5. The van der Waals surface area contributed by atoms with E-state index in [1.54, 1.807) is 0 Å². The second kappa shape index (κ2) is 6.47. The first-order chi connectivity index (χ1) is 9.94. The van der Waals surface area contributed by atoms with Crippen LogP contribution >= 0.6 is 11.6 Å². The van der Waals surface area contributed by atoms with Crippen molar-refractivity contribution in [3.8, 4) is 0 Å². The summed E-state index contributed by atoms with van der Waals surface area (Å²) >= 11 is 5.80. The number of sulfonamides is 1. The molecule has 0 saturated heterocycles. The molecule has 2 aromatic carbocycles. The largest absolute Gasteiger partial charge is 0.397 e. The van der Waals surface area contributed by atoms with Crippen molar-refractivity contribution in [1.29, 1.82) is 0 Å². The number of benzene rings is 2. The van der Waals surface area contributed by atoms with Crippen molar-refractivity contribution in [2.24, 2.45) is 0 Å². The molecule has 112 valence electrons. The van der Waals surface area contributed by atoms with Gasteiger partial charge in [0.2, 0.25) is 10.0 Å². The molecule has 0 fully saturated rings. The van der Waals surface area contributed by atoms with Gasteiger partial charge in [-0.1, -0.05) is 42.8 Å². The standard InChI is InChI=1S/C15H17ClN2O2S/c1-2-11-5-3-4-6-12(11)10-18-21(19,20)13-7-8-14(16)15(17)9-13/h3-9,18H,2,10,17H2,1H3. The van der Waals surface area contributed by atoms with E-state index in [-0.39, 0.29) is 17.1 Å². The monoisotopic (exact) mass is 324 g/mol. The summed E-state index contributed by atoms with van der Waals surface area (Å²) in [7, 11) is -3.61. The first kappa shape index (κ1) is 15.8. The van der Waals surface area contributed by atoms with Crippen LogP contribution in [0.25, 0.3) is 0 Å². The molecule has 0 aliphatic carbocycles. The predicted molar refractivity (Wildman–Crippen MR) is 85.7 cm³/mol. The number of rotatable bonds is 5. The molecule has 2 rings (SSSR count). The Kier molecular flexibility index (Phi) is 4.88. The van der Waals surface area contributed by atoms with Gasteiger partial charge in [-0.2, -0.15) is 0 Å². The maximum atomic E-state index is 12.3. The van der Waals surface area contributed by atoms with Gasteiger partial charge >= 0.3 is 0 Å². The van der Waals surface area contributed by atoms with Crippen LogP contribution < -0.4 is 10.5 Å². The quantitative estimate of drug-likeness (QED) is 0.830. The summed E-state index contributed by atoms with van der Waals surface area (Å²) < 4.78 is 27.1. The summed E-state index contributed by atoms with van der Waals surface area (Å²) in [6.45, 7) is 2.28. The van der Waals surface area contributed by atoms with Crippen LogP contribution in [-0.2, 0) is 23.0 Å². The molecule has 0 aliphatic rings. The first-order valence-electron chi connectivity index (χ1n) is 6.55. The van der Waals surface area contributed by atoms with Crippen LogP contribution in [0.2, 0.25) is 5.02 Å². The minimum Gasteiger partial charge on any atom is -0.397 e. The minimum atomic E-state index is -3.61. The minimum absolute atomic E-state index is 0.110. The van der Waals surface area contributed by atoms with Crippen LogP contribution in [0.5, 0.6) is 0 Å². The summed E-state index contributed by atoms with van der Waals surface area (Å²) in [5.74, 6) is 0. The molecule has 0 aliphatic heterocycles. The fourth-order valence-electron chi connectivity index (χ4n) is 2.02. The number of halogens is 1. The van der Waals surface area contributed by atoms with Gasteiger partial charge in [-0.05, 0) is 35.7 Å². The lowest BCUT2D eigenvalue weighted by Gasteiger charge is -2.10. The number of nitrogen functional groups attached to an aromatic ring is 1. The van der Waals surface area contributed by atoms with Crippen molar-refractivity contribution >= 4 is 27.3 Å². The molecule has 0 spiro atoms. The van der Waals surface area contributed by atoms with Crippen molar-refractivity contribution in [3.05, 3.63) is 58.6 Å². The van der Waals surface area contributed by atoms with Crippen LogP contribution in [0.4, 0.5) is 5.69 Å². The normalized spacial score (nSPS) is 11.5. The average molecular weight is 325 g/mol. The molecule has 3 N–H and O–H groups in total. The summed E-state index contributed by atoms with van der Waals surface area (Å²) in [6, 6.07) is 12.0. The summed E-state index contributed by atoms with van der Waals surface area (Å²) in [4.78, 5) is 0.110. The predicted octanol–water partition coefficient (Wildman–Crippen LogP) is 2.96. The van der Waals surface area contributed by atoms with E-state index in [1.807, 2.05) is 31.2 Å². The van der Waals surface area contributed by atoms with E-state index >= 15 is 0 Å². The van der Waals surface area contributed by atoms with Gasteiger partial charge in [0.15, 0.2) is 0 Å². The third kappa shape index (κ3) is 3.75. The lowest BCUT2D eigenvalue weighted by Crippen LogP contribution is -2.23. The molecule has 0 saturated carbocycles. The van der Waals surface area contributed by atoms with Gasteiger partial charge in [-0.15, -0.1) is 0 Å². The Hall–Kier alpha value is -1.56. The number of nitrogens with one attached hydrogen (secondary N) is 1. The van der Waals surface area contributed by atoms with E-state index in [4.69, 9.17) is 17.3 Å². The molecular weight excluding hydrogens is 308 g/mol. The Balaban J connectivity index is 2.20. The summed E-state index contributed by atoms with van der Waals surface area (Å²) in [5, 5.41) is 0.338. The van der Waals surface area contributed by atoms with Crippen LogP contribution in [0.1, 0.15) is 18.1 Å². The van der Waals surface area contributed by atoms with Gasteiger partial charge in [0.05, 0.1) is 15.6 Å². The second-order valence-corrected chi connectivity index (χ2v) is 6.80. The van der Waals surface area contributed by atoms with Crippen LogP contribution in [-0.4, -0.2) is 8.42 Å². The molecule has 4 nitrogen and oxygen atoms in total. The molecule has 2 aromatic rings. The number of nitrogens with two attached hydrogens (primary N) is 1. The highest BCUT2D eigenvalue weighted by molar-refractivity contribution is 7.89. The van der Waals surface area contributed by atoms with Gasteiger partial charge in [0, 0.05) is 6.54 Å². The summed E-state index contributed by atoms with van der Waals surface area (Å²) in [6.07, 6.45) is 0.853. The Labute approximate surface area is 130 Å². The zero-order valence-electron chi connectivity index (χ0n) is 11.6. The summed E-state index contributed by atoms with van der Waals surface area (Å²) in [5.41, 5.74) is 7.97. The highest BCUT2D eigenvalue weighted by atomic mass is 35.5. The van der Waals surface area contributed by atoms with Crippen LogP contribution in [0.15, 0.2) is 47.4 Å². The van der Waals surface area contributed by atoms with E-state index in [0.717, 1.165) is 17.5 Å². The Morgan fingerprint density at radius 1 is 1.14 bits per heavy atom. The van der Waals surface area contributed by atoms with Crippen molar-refractivity contribution in [3.63, 3.8) is 0 Å². The lowest BCUT2D eigenvalue weighted by molar-refractivity contribution is 0.581. The molecule has 0 atom stereocenters. The molecule has 0 radical (unpaired) electrons. The molecule has 0 unspecified atom stereocenters. The Morgan fingerprint density at radius 3 is 2.43 bits per heavy atom. The number of aryl methyl sites for hydroxylation is 1. The van der Waals surface area contributed by atoms with Crippen molar-refractivity contribution < 1.29 is 8.42 Å². The average Bonchev–Trinajstić information content (AvgIpc) is 2.48. The third-order valence-corrected chi connectivity index (χ3v) is 4.97. The highest BCUT2D eigenvalue weighted by Gasteiger charge is 2.15. The number of anilines is 1. The fourth-order valence-corrected chi connectivity index (χ4v) is 3.18. The van der Waals surface area contributed by atoms with E-state index in [2.05, 4.69) is 4.72 Å². The van der Waals surface area contributed by atoms with Gasteiger partial charge < -0.3 is 5.73 Å². The van der Waals surface area contributed by atoms with Crippen molar-refractivity contribution in [2.45, 2.75) is 24.8 Å². The van der Waals surface area contributed by atoms with Crippen LogP contribution in [0.3, 0.4) is 0 Å². The van der Waals surface area contributed by atoms with Crippen molar-refractivity contribution in [1.82, 2.24) is 4.72 Å². The van der Waals surface area contributed by atoms with Gasteiger partial charge in [0.25, 0.3) is 0 Å². The SMILES string of the molecule is CCc1ccccc1CNS(=O)(=O)c1ccc(Cl)c(N)c1. The second-order valence-electron chi connectivity index (χ2n) is 4.63. The maximum absolute atomic E-state index is 12.3. The molecule has 0 aromatic heterocycles. The third-order valence-electron chi connectivity index (χ3n) is 3.23. The molecule has 0 amide bonds. The molecule has 6 heteroatoms. The number of hydrogen-bond acceptors (Lipinski definition) is 3. The molecular formula is C15H17ClN2O2S. The van der Waals surface area contributed by atoms with E-state index < -0.39 is 10.0 Å². The smallest absolute Gasteiger partial charge is 0.240 e. The zero-order valence-corrected chi connectivity index (χ0v) is 13.2. The Bertz CT molecular complexity index is 745. The van der Waals surface area contributed by atoms with Gasteiger partial charge in [-0.25, -0.2) is 13.1 Å². The topological polar surface area (TPSA) is 72.2 Å². The van der Waals surface area contributed by atoms with E-state index in [1.165, 1.54) is 18.2 Å². The maximum Gasteiger partial charge on any atom is 0.240 e. The highest BCUT2D eigenvalue weighted by Crippen LogP contribution is 2.22. The van der Waals surface area contributed by atoms with Crippen molar-refractivity contribution in [2.75, 3.05) is 5.73 Å². The molecule has 21 heavy (non-hydrogen) atoms. The fraction of sp³-hybridized carbons (Fsp3) is 0.200.